The van der Waals surface area contributed by atoms with Gasteiger partial charge in [-0.1, -0.05) is 26.3 Å². The summed E-state index contributed by atoms with van der Waals surface area (Å²) in [5, 5.41) is 3.56. The Morgan fingerprint density at radius 2 is 2.25 bits per heavy atom. The van der Waals surface area contributed by atoms with Gasteiger partial charge in [0.25, 0.3) is 0 Å². The van der Waals surface area contributed by atoms with Gasteiger partial charge in [0, 0.05) is 12.6 Å². The fourth-order valence-electron chi connectivity index (χ4n) is 2.35. The fraction of sp³-hybridized carbons (Fsp3) is 0.818. The summed E-state index contributed by atoms with van der Waals surface area (Å²) in [5.74, 6) is 1.76. The molecule has 1 heteroatoms. The second-order valence-corrected chi connectivity index (χ2v) is 3.95. The van der Waals surface area contributed by atoms with Crippen molar-refractivity contribution >= 4 is 0 Å². The van der Waals surface area contributed by atoms with Crippen LogP contribution in [-0.2, 0) is 0 Å². The molecule has 3 unspecified atom stereocenters. The van der Waals surface area contributed by atoms with Crippen LogP contribution in [0.1, 0.15) is 33.1 Å². The lowest BCUT2D eigenvalue weighted by Crippen LogP contribution is -2.36. The Balaban J connectivity index is 2.40. The first-order valence-electron chi connectivity index (χ1n) is 5.13. The molecule has 0 spiro atoms. The minimum absolute atomic E-state index is 0.744. The van der Waals surface area contributed by atoms with Crippen LogP contribution in [-0.4, -0.2) is 12.6 Å². The molecule has 1 rings (SSSR count). The van der Waals surface area contributed by atoms with Crippen LogP contribution in [0.25, 0.3) is 0 Å². The van der Waals surface area contributed by atoms with Crippen LogP contribution in [0.3, 0.4) is 0 Å². The van der Waals surface area contributed by atoms with E-state index in [9.17, 15) is 0 Å². The first kappa shape index (κ1) is 9.79. The highest BCUT2D eigenvalue weighted by Crippen LogP contribution is 2.32. The molecule has 3 atom stereocenters. The van der Waals surface area contributed by atoms with E-state index >= 15 is 0 Å². The zero-order chi connectivity index (χ0) is 8.97. The first-order valence-corrected chi connectivity index (χ1v) is 5.13. The van der Waals surface area contributed by atoms with Gasteiger partial charge in [0.15, 0.2) is 0 Å². The highest BCUT2D eigenvalue weighted by atomic mass is 14.9. The molecule has 0 aromatic carbocycles. The first-order chi connectivity index (χ1) is 5.79. The molecular formula is C11H21N. The SMILES string of the molecule is C=CCNC1C(C)CCC1CC. The van der Waals surface area contributed by atoms with Gasteiger partial charge in [-0.05, 0) is 24.7 Å². The molecule has 0 aromatic heterocycles. The summed E-state index contributed by atoms with van der Waals surface area (Å²) >= 11 is 0. The molecule has 70 valence electrons. The maximum Gasteiger partial charge on any atom is 0.0135 e. The minimum Gasteiger partial charge on any atom is -0.310 e. The van der Waals surface area contributed by atoms with Gasteiger partial charge in [-0.25, -0.2) is 0 Å². The standard InChI is InChI=1S/C11H21N/c1-4-8-12-11-9(3)6-7-10(11)5-2/h4,9-12H,1,5-8H2,2-3H3. The van der Waals surface area contributed by atoms with E-state index in [1.54, 1.807) is 0 Å². The summed E-state index contributed by atoms with van der Waals surface area (Å²) in [6, 6.07) is 0.744. The van der Waals surface area contributed by atoms with E-state index in [0.717, 1.165) is 24.4 Å². The maximum absolute atomic E-state index is 3.74. The van der Waals surface area contributed by atoms with Crippen molar-refractivity contribution in [2.75, 3.05) is 6.54 Å². The van der Waals surface area contributed by atoms with Crippen LogP contribution in [0.2, 0.25) is 0 Å². The van der Waals surface area contributed by atoms with Gasteiger partial charge in [0.05, 0.1) is 0 Å². The van der Waals surface area contributed by atoms with Crippen LogP contribution >= 0.6 is 0 Å². The Bertz CT molecular complexity index is 142. The summed E-state index contributed by atoms with van der Waals surface area (Å²) in [4.78, 5) is 0. The van der Waals surface area contributed by atoms with Crippen LogP contribution in [0.5, 0.6) is 0 Å². The van der Waals surface area contributed by atoms with Crippen LogP contribution < -0.4 is 5.32 Å². The Kier molecular flexibility index (Phi) is 3.80. The third-order valence-corrected chi connectivity index (χ3v) is 3.14. The summed E-state index contributed by atoms with van der Waals surface area (Å²) in [6.07, 6.45) is 6.08. The topological polar surface area (TPSA) is 12.0 Å². The van der Waals surface area contributed by atoms with E-state index in [1.807, 2.05) is 6.08 Å². The van der Waals surface area contributed by atoms with Crippen molar-refractivity contribution < 1.29 is 0 Å². The normalized spacial score (nSPS) is 35.3. The zero-order valence-electron chi connectivity index (χ0n) is 8.34. The quantitative estimate of drug-likeness (QED) is 0.635. The lowest BCUT2D eigenvalue weighted by Gasteiger charge is -2.22. The molecule has 0 bridgehead atoms. The molecule has 12 heavy (non-hydrogen) atoms. The van der Waals surface area contributed by atoms with Gasteiger partial charge in [-0.2, -0.15) is 0 Å². The fourth-order valence-corrected chi connectivity index (χ4v) is 2.35. The third-order valence-electron chi connectivity index (χ3n) is 3.14. The van der Waals surface area contributed by atoms with Gasteiger partial charge in [-0.15, -0.1) is 6.58 Å². The van der Waals surface area contributed by atoms with Crippen LogP contribution in [0.4, 0.5) is 0 Å². The highest BCUT2D eigenvalue weighted by Gasteiger charge is 2.30. The summed E-state index contributed by atoms with van der Waals surface area (Å²) in [6.45, 7) is 9.35. The highest BCUT2D eigenvalue weighted by molar-refractivity contribution is 4.89. The molecule has 0 amide bonds. The van der Waals surface area contributed by atoms with E-state index in [1.165, 1.54) is 19.3 Å². The molecule has 1 fully saturated rings. The molecule has 1 saturated carbocycles. The Morgan fingerprint density at radius 1 is 1.50 bits per heavy atom. The largest absolute Gasteiger partial charge is 0.310 e. The van der Waals surface area contributed by atoms with Crippen molar-refractivity contribution in [2.24, 2.45) is 11.8 Å². The van der Waals surface area contributed by atoms with Crippen molar-refractivity contribution in [2.45, 2.75) is 39.2 Å². The second kappa shape index (κ2) is 4.66. The smallest absolute Gasteiger partial charge is 0.0135 e. The lowest BCUT2D eigenvalue weighted by atomic mass is 9.97. The molecule has 0 saturated heterocycles. The number of hydrogen-bond acceptors (Lipinski definition) is 1. The average Bonchev–Trinajstić information content (AvgIpc) is 2.43. The monoisotopic (exact) mass is 167 g/mol. The summed E-state index contributed by atoms with van der Waals surface area (Å²) < 4.78 is 0. The van der Waals surface area contributed by atoms with Gasteiger partial charge in [0.2, 0.25) is 0 Å². The lowest BCUT2D eigenvalue weighted by molar-refractivity contribution is 0.354. The van der Waals surface area contributed by atoms with E-state index in [0.29, 0.717) is 0 Å². The van der Waals surface area contributed by atoms with Gasteiger partial charge < -0.3 is 5.32 Å². The molecule has 0 aliphatic heterocycles. The van der Waals surface area contributed by atoms with Crippen LogP contribution in [0.15, 0.2) is 12.7 Å². The third kappa shape index (κ3) is 2.10. The number of hydrogen-bond donors (Lipinski definition) is 1. The molecule has 1 nitrogen and oxygen atoms in total. The number of rotatable bonds is 4. The summed E-state index contributed by atoms with van der Waals surface area (Å²) in [7, 11) is 0. The van der Waals surface area contributed by atoms with E-state index in [2.05, 4.69) is 25.7 Å². The van der Waals surface area contributed by atoms with Crippen molar-refractivity contribution in [1.82, 2.24) is 5.32 Å². The number of nitrogens with one attached hydrogen (secondary N) is 1. The van der Waals surface area contributed by atoms with Gasteiger partial charge in [0.1, 0.15) is 0 Å². The van der Waals surface area contributed by atoms with Crippen LogP contribution in [0, 0.1) is 11.8 Å². The molecule has 0 heterocycles. The van der Waals surface area contributed by atoms with Gasteiger partial charge in [-0.3, -0.25) is 0 Å². The summed E-state index contributed by atoms with van der Waals surface area (Å²) in [5.41, 5.74) is 0. The maximum atomic E-state index is 3.74. The Labute approximate surface area is 76.2 Å². The predicted octanol–water partition coefficient (Wildman–Crippen LogP) is 2.59. The molecule has 0 radical (unpaired) electrons. The van der Waals surface area contributed by atoms with Gasteiger partial charge >= 0.3 is 0 Å². The Hall–Kier alpha value is -0.300. The van der Waals surface area contributed by atoms with Crippen molar-refractivity contribution in [1.29, 1.82) is 0 Å². The average molecular weight is 167 g/mol. The van der Waals surface area contributed by atoms with Crippen molar-refractivity contribution in [3.8, 4) is 0 Å². The van der Waals surface area contributed by atoms with E-state index < -0.39 is 0 Å². The minimum atomic E-state index is 0.744. The Morgan fingerprint density at radius 3 is 2.83 bits per heavy atom. The molecular weight excluding hydrogens is 146 g/mol. The molecule has 1 aliphatic rings. The second-order valence-electron chi connectivity index (χ2n) is 3.95. The zero-order valence-corrected chi connectivity index (χ0v) is 8.34. The van der Waals surface area contributed by atoms with E-state index in [4.69, 9.17) is 0 Å². The van der Waals surface area contributed by atoms with E-state index in [-0.39, 0.29) is 0 Å². The molecule has 1 aliphatic carbocycles. The van der Waals surface area contributed by atoms with Crippen molar-refractivity contribution in [3.63, 3.8) is 0 Å². The molecule has 0 aromatic rings. The predicted molar refractivity (Wildman–Crippen MR) is 54.2 cm³/mol. The van der Waals surface area contributed by atoms with Crippen molar-refractivity contribution in [3.05, 3.63) is 12.7 Å². The molecule has 1 N–H and O–H groups in total.